The number of nitro benzene ring substituents is 1. The Morgan fingerprint density at radius 2 is 2.16 bits per heavy atom. The summed E-state index contributed by atoms with van der Waals surface area (Å²) in [5.41, 5.74) is 0.391. The number of hydrogen-bond acceptors (Lipinski definition) is 3. The lowest BCUT2D eigenvalue weighted by molar-refractivity contribution is -0.385. The van der Waals surface area contributed by atoms with Crippen molar-refractivity contribution in [1.29, 1.82) is 0 Å². The summed E-state index contributed by atoms with van der Waals surface area (Å²) in [7, 11) is 0. The van der Waals surface area contributed by atoms with Gasteiger partial charge in [-0.2, -0.15) is 0 Å². The molecule has 0 aromatic heterocycles. The van der Waals surface area contributed by atoms with Crippen LogP contribution in [-0.2, 0) is 6.54 Å². The van der Waals surface area contributed by atoms with E-state index >= 15 is 0 Å². The first kappa shape index (κ1) is 13.9. The Hall–Kier alpha value is -1.49. The van der Waals surface area contributed by atoms with Gasteiger partial charge in [0.15, 0.2) is 0 Å². The third-order valence-electron chi connectivity index (χ3n) is 3.96. The van der Waals surface area contributed by atoms with Crippen molar-refractivity contribution in [1.82, 2.24) is 5.32 Å². The molecule has 1 aromatic rings. The van der Waals surface area contributed by atoms with Crippen LogP contribution >= 0.6 is 0 Å². The number of halogens is 1. The smallest absolute Gasteiger partial charge is 0.274 e. The summed E-state index contributed by atoms with van der Waals surface area (Å²) in [4.78, 5) is 10.4. The number of nitro groups is 1. The second-order valence-corrected chi connectivity index (χ2v) is 5.24. The van der Waals surface area contributed by atoms with E-state index in [1.165, 1.54) is 37.8 Å². The zero-order valence-electron chi connectivity index (χ0n) is 11.1. The summed E-state index contributed by atoms with van der Waals surface area (Å²) in [6, 6.07) is 3.91. The minimum atomic E-state index is -0.462. The van der Waals surface area contributed by atoms with Crippen LogP contribution in [0.15, 0.2) is 18.2 Å². The highest BCUT2D eigenvalue weighted by atomic mass is 19.1. The van der Waals surface area contributed by atoms with Gasteiger partial charge in [-0.15, -0.1) is 0 Å². The molecule has 0 radical (unpaired) electrons. The van der Waals surface area contributed by atoms with Crippen LogP contribution in [0.2, 0.25) is 0 Å². The van der Waals surface area contributed by atoms with E-state index in [4.69, 9.17) is 0 Å². The summed E-state index contributed by atoms with van der Waals surface area (Å²) in [6.07, 6.45) is 4.94. The molecule has 0 saturated heterocycles. The molecule has 2 rings (SSSR count). The normalized spacial score (nSPS) is 17.6. The third kappa shape index (κ3) is 3.50. The van der Waals surface area contributed by atoms with Crippen LogP contribution in [0.1, 0.15) is 38.2 Å². The maximum atomic E-state index is 13.2. The molecule has 1 atom stereocenters. The van der Waals surface area contributed by atoms with Gasteiger partial charge in [-0.05, 0) is 37.8 Å². The minimum Gasteiger partial charge on any atom is -0.310 e. The molecule has 1 aliphatic rings. The molecule has 1 fully saturated rings. The zero-order valence-corrected chi connectivity index (χ0v) is 11.1. The first-order chi connectivity index (χ1) is 9.08. The van der Waals surface area contributed by atoms with E-state index in [-0.39, 0.29) is 5.69 Å². The molecule has 19 heavy (non-hydrogen) atoms. The summed E-state index contributed by atoms with van der Waals surface area (Å²) in [5.74, 6) is 0.198. The van der Waals surface area contributed by atoms with E-state index < -0.39 is 10.7 Å². The number of hydrogen-bond donors (Lipinski definition) is 1. The molecular formula is C14H19FN2O2. The van der Waals surface area contributed by atoms with Gasteiger partial charge in [0.05, 0.1) is 4.92 Å². The van der Waals surface area contributed by atoms with E-state index in [9.17, 15) is 14.5 Å². The third-order valence-corrected chi connectivity index (χ3v) is 3.96. The van der Waals surface area contributed by atoms with Crippen molar-refractivity contribution in [2.24, 2.45) is 5.92 Å². The van der Waals surface area contributed by atoms with Crippen LogP contribution < -0.4 is 5.32 Å². The Morgan fingerprint density at radius 1 is 1.47 bits per heavy atom. The molecule has 0 heterocycles. The summed E-state index contributed by atoms with van der Waals surface area (Å²) < 4.78 is 13.2. The fraction of sp³-hybridized carbons (Fsp3) is 0.571. The molecule has 0 bridgehead atoms. The highest BCUT2D eigenvalue weighted by molar-refractivity contribution is 5.40. The lowest BCUT2D eigenvalue weighted by atomic mass is 9.99. The number of benzene rings is 1. The SMILES string of the molecule is C[C@@H](NCc1cc(F)ccc1[N+](=O)[O-])C1CCCC1. The van der Waals surface area contributed by atoms with Crippen molar-refractivity contribution >= 4 is 5.69 Å². The maximum Gasteiger partial charge on any atom is 0.274 e. The van der Waals surface area contributed by atoms with Gasteiger partial charge < -0.3 is 5.32 Å². The van der Waals surface area contributed by atoms with Crippen LogP contribution in [0.3, 0.4) is 0 Å². The molecular weight excluding hydrogens is 247 g/mol. The molecule has 4 nitrogen and oxygen atoms in total. The van der Waals surface area contributed by atoms with Gasteiger partial charge in [-0.3, -0.25) is 10.1 Å². The highest BCUT2D eigenvalue weighted by Gasteiger charge is 2.22. The molecule has 0 aliphatic heterocycles. The fourth-order valence-corrected chi connectivity index (χ4v) is 2.77. The van der Waals surface area contributed by atoms with Crippen molar-refractivity contribution in [2.45, 2.75) is 45.2 Å². The van der Waals surface area contributed by atoms with E-state index in [0.29, 0.717) is 24.1 Å². The van der Waals surface area contributed by atoms with Crippen molar-refractivity contribution in [3.63, 3.8) is 0 Å². The predicted octanol–water partition coefficient (Wildman–Crippen LogP) is 3.40. The molecule has 0 spiro atoms. The second kappa shape index (κ2) is 6.10. The summed E-state index contributed by atoms with van der Waals surface area (Å²) in [6.45, 7) is 2.44. The molecule has 104 valence electrons. The van der Waals surface area contributed by atoms with Crippen LogP contribution in [0, 0.1) is 21.8 Å². The Labute approximate surface area is 112 Å². The number of nitrogens with zero attached hydrogens (tertiary/aromatic N) is 1. The first-order valence-electron chi connectivity index (χ1n) is 6.74. The van der Waals surface area contributed by atoms with E-state index in [0.717, 1.165) is 6.07 Å². The molecule has 1 N–H and O–H groups in total. The van der Waals surface area contributed by atoms with Crippen molar-refractivity contribution in [3.05, 3.63) is 39.7 Å². The van der Waals surface area contributed by atoms with Crippen molar-refractivity contribution in [3.8, 4) is 0 Å². The highest BCUT2D eigenvalue weighted by Crippen LogP contribution is 2.28. The summed E-state index contributed by atoms with van der Waals surface area (Å²) in [5, 5.41) is 14.2. The Bertz CT molecular complexity index is 459. The van der Waals surface area contributed by atoms with Crippen LogP contribution in [0.25, 0.3) is 0 Å². The van der Waals surface area contributed by atoms with Gasteiger partial charge in [-0.1, -0.05) is 12.8 Å². The van der Waals surface area contributed by atoms with E-state index in [1.807, 2.05) is 0 Å². The van der Waals surface area contributed by atoms with Gasteiger partial charge in [-0.25, -0.2) is 4.39 Å². The minimum absolute atomic E-state index is 0.0208. The van der Waals surface area contributed by atoms with Crippen LogP contribution in [-0.4, -0.2) is 11.0 Å². The van der Waals surface area contributed by atoms with E-state index in [2.05, 4.69) is 12.2 Å². The Morgan fingerprint density at radius 3 is 2.79 bits per heavy atom. The van der Waals surface area contributed by atoms with E-state index in [1.54, 1.807) is 0 Å². The first-order valence-corrected chi connectivity index (χ1v) is 6.74. The second-order valence-electron chi connectivity index (χ2n) is 5.24. The molecule has 1 aromatic carbocycles. The number of rotatable bonds is 5. The number of nitrogens with one attached hydrogen (secondary N) is 1. The van der Waals surface area contributed by atoms with Gasteiger partial charge in [0.1, 0.15) is 5.82 Å². The van der Waals surface area contributed by atoms with Gasteiger partial charge >= 0.3 is 0 Å². The quantitative estimate of drug-likeness (QED) is 0.656. The average Bonchev–Trinajstić information content (AvgIpc) is 2.89. The van der Waals surface area contributed by atoms with Crippen LogP contribution in [0.4, 0.5) is 10.1 Å². The predicted molar refractivity (Wildman–Crippen MR) is 71.3 cm³/mol. The van der Waals surface area contributed by atoms with Crippen molar-refractivity contribution in [2.75, 3.05) is 0 Å². The monoisotopic (exact) mass is 266 g/mol. The standard InChI is InChI=1S/C14H19FN2O2/c1-10(11-4-2-3-5-11)16-9-12-8-13(15)6-7-14(12)17(18)19/h6-8,10-11,16H,2-5,9H2,1H3/t10-/m1/s1. The molecule has 1 aliphatic carbocycles. The Kier molecular flexibility index (Phi) is 4.47. The molecule has 0 amide bonds. The van der Waals surface area contributed by atoms with Gasteiger partial charge in [0, 0.05) is 24.2 Å². The Balaban J connectivity index is 2.01. The molecule has 0 unspecified atom stereocenters. The van der Waals surface area contributed by atoms with Gasteiger partial charge in [0.2, 0.25) is 0 Å². The van der Waals surface area contributed by atoms with Crippen LogP contribution in [0.5, 0.6) is 0 Å². The zero-order chi connectivity index (χ0) is 13.8. The van der Waals surface area contributed by atoms with Gasteiger partial charge in [0.25, 0.3) is 5.69 Å². The molecule has 1 saturated carbocycles. The largest absolute Gasteiger partial charge is 0.310 e. The topological polar surface area (TPSA) is 55.2 Å². The average molecular weight is 266 g/mol. The lowest BCUT2D eigenvalue weighted by Crippen LogP contribution is -2.31. The molecule has 5 heteroatoms. The maximum absolute atomic E-state index is 13.2. The summed E-state index contributed by atoms with van der Waals surface area (Å²) >= 11 is 0. The lowest BCUT2D eigenvalue weighted by Gasteiger charge is -2.20. The fourth-order valence-electron chi connectivity index (χ4n) is 2.77. The van der Waals surface area contributed by atoms with Crippen molar-refractivity contribution < 1.29 is 9.31 Å².